The third-order valence-electron chi connectivity index (χ3n) is 2.41. The van der Waals surface area contributed by atoms with Crippen molar-refractivity contribution in [2.45, 2.75) is 0 Å². The van der Waals surface area contributed by atoms with Crippen molar-refractivity contribution in [2.75, 3.05) is 6.54 Å². The zero-order valence-corrected chi connectivity index (χ0v) is 9.91. The molecule has 18 heavy (non-hydrogen) atoms. The summed E-state index contributed by atoms with van der Waals surface area (Å²) >= 11 is 0. The first-order valence-electron chi connectivity index (χ1n) is 5.76. The van der Waals surface area contributed by atoms with E-state index in [2.05, 4.69) is 10.3 Å². The molecule has 1 amide bonds. The first-order chi connectivity index (χ1) is 8.86. The minimum atomic E-state index is -0.110. The lowest BCUT2D eigenvalue weighted by molar-refractivity contribution is 0.0957. The summed E-state index contributed by atoms with van der Waals surface area (Å²) in [5.41, 5.74) is 1.69. The number of carbonyl (C=O) groups is 1. The van der Waals surface area contributed by atoms with E-state index in [0.29, 0.717) is 12.1 Å². The number of nitrogens with one attached hydrogen (secondary N) is 1. The van der Waals surface area contributed by atoms with E-state index >= 15 is 0 Å². The average molecular weight is 238 g/mol. The Labute approximate surface area is 106 Å². The van der Waals surface area contributed by atoms with Gasteiger partial charge >= 0.3 is 0 Å². The minimum Gasteiger partial charge on any atom is -0.349 e. The second kappa shape index (κ2) is 6.35. The summed E-state index contributed by atoms with van der Waals surface area (Å²) in [4.78, 5) is 15.6. The van der Waals surface area contributed by atoms with Crippen LogP contribution in [-0.4, -0.2) is 17.4 Å². The van der Waals surface area contributed by atoms with Crippen LogP contribution in [0.3, 0.4) is 0 Å². The highest BCUT2D eigenvalue weighted by molar-refractivity contribution is 5.93. The smallest absolute Gasteiger partial charge is 0.253 e. The lowest BCUT2D eigenvalue weighted by Gasteiger charge is -2.00. The highest BCUT2D eigenvalue weighted by Gasteiger charge is 2.01. The van der Waals surface area contributed by atoms with Crippen LogP contribution in [0.15, 0.2) is 60.9 Å². The second-order valence-electron chi connectivity index (χ2n) is 3.76. The van der Waals surface area contributed by atoms with Gasteiger partial charge < -0.3 is 5.32 Å². The van der Waals surface area contributed by atoms with Gasteiger partial charge in [0.15, 0.2) is 0 Å². The van der Waals surface area contributed by atoms with Crippen LogP contribution in [0.5, 0.6) is 0 Å². The van der Waals surface area contributed by atoms with Crippen LogP contribution in [0, 0.1) is 0 Å². The molecule has 0 radical (unpaired) electrons. The second-order valence-corrected chi connectivity index (χ2v) is 3.76. The summed E-state index contributed by atoms with van der Waals surface area (Å²) in [6, 6.07) is 13.4. The molecule has 0 aliphatic rings. The zero-order valence-electron chi connectivity index (χ0n) is 9.91. The fourth-order valence-corrected chi connectivity index (χ4v) is 1.51. The van der Waals surface area contributed by atoms with E-state index < -0.39 is 0 Å². The molecule has 1 aromatic carbocycles. The van der Waals surface area contributed by atoms with E-state index in [1.165, 1.54) is 0 Å². The van der Waals surface area contributed by atoms with E-state index in [-0.39, 0.29) is 5.91 Å². The Morgan fingerprint density at radius 1 is 1.17 bits per heavy atom. The third kappa shape index (κ3) is 3.56. The molecule has 0 fully saturated rings. The Balaban J connectivity index is 1.83. The molecule has 0 aliphatic carbocycles. The number of pyridine rings is 1. The van der Waals surface area contributed by atoms with Gasteiger partial charge in [-0.2, -0.15) is 0 Å². The Hall–Kier alpha value is -2.42. The molecule has 0 bridgehead atoms. The molecule has 1 N–H and O–H groups in total. The average Bonchev–Trinajstić information content (AvgIpc) is 2.45. The van der Waals surface area contributed by atoms with Crippen LogP contribution in [0.25, 0.3) is 6.08 Å². The predicted octanol–water partition coefficient (Wildman–Crippen LogP) is 2.52. The van der Waals surface area contributed by atoms with E-state index in [4.69, 9.17) is 0 Å². The number of benzene rings is 1. The molecule has 90 valence electrons. The maximum absolute atomic E-state index is 11.7. The summed E-state index contributed by atoms with van der Waals surface area (Å²) in [6.07, 6.45) is 7.09. The van der Waals surface area contributed by atoms with Crippen LogP contribution >= 0.6 is 0 Å². The quantitative estimate of drug-likeness (QED) is 0.889. The van der Waals surface area contributed by atoms with Crippen molar-refractivity contribution in [3.63, 3.8) is 0 Å². The minimum absolute atomic E-state index is 0.110. The van der Waals surface area contributed by atoms with Gasteiger partial charge in [-0.1, -0.05) is 42.5 Å². The Morgan fingerprint density at radius 2 is 2.00 bits per heavy atom. The largest absolute Gasteiger partial charge is 0.349 e. The number of hydrogen-bond acceptors (Lipinski definition) is 2. The van der Waals surface area contributed by atoms with E-state index in [0.717, 1.165) is 5.56 Å². The van der Waals surface area contributed by atoms with E-state index in [9.17, 15) is 4.79 Å². The summed E-state index contributed by atoms with van der Waals surface area (Å²) in [6.45, 7) is 0.503. The maximum Gasteiger partial charge on any atom is 0.253 e. The first-order valence-corrected chi connectivity index (χ1v) is 5.76. The highest BCUT2D eigenvalue weighted by atomic mass is 16.1. The summed E-state index contributed by atoms with van der Waals surface area (Å²) in [7, 11) is 0. The van der Waals surface area contributed by atoms with E-state index in [1.807, 2.05) is 42.5 Å². The van der Waals surface area contributed by atoms with Crippen molar-refractivity contribution in [1.29, 1.82) is 0 Å². The Bertz CT molecular complexity index is 521. The fourth-order valence-electron chi connectivity index (χ4n) is 1.51. The van der Waals surface area contributed by atoms with Crippen LogP contribution in [0.4, 0.5) is 0 Å². The van der Waals surface area contributed by atoms with Crippen molar-refractivity contribution < 1.29 is 4.79 Å². The molecule has 0 unspecified atom stereocenters. The standard InChI is InChI=1S/C15H14N2O/c18-15(14-9-5-10-16-12-14)17-11-4-8-13-6-2-1-3-7-13/h1-10,12H,11H2,(H,17,18). The molecule has 0 spiro atoms. The number of nitrogens with zero attached hydrogens (tertiary/aromatic N) is 1. The number of rotatable bonds is 4. The number of aromatic nitrogens is 1. The Kier molecular flexibility index (Phi) is 4.25. The molecule has 1 heterocycles. The summed E-state index contributed by atoms with van der Waals surface area (Å²) in [5, 5.41) is 2.80. The van der Waals surface area contributed by atoms with Crippen LogP contribution in [0.2, 0.25) is 0 Å². The lowest BCUT2D eigenvalue weighted by atomic mass is 10.2. The fraction of sp³-hybridized carbons (Fsp3) is 0.0667. The predicted molar refractivity (Wildman–Crippen MR) is 72.0 cm³/mol. The molecule has 0 saturated carbocycles. The number of amides is 1. The third-order valence-corrected chi connectivity index (χ3v) is 2.41. The van der Waals surface area contributed by atoms with Crippen LogP contribution in [-0.2, 0) is 0 Å². The molecule has 0 saturated heterocycles. The monoisotopic (exact) mass is 238 g/mol. The van der Waals surface area contributed by atoms with Gasteiger partial charge in [0.25, 0.3) is 5.91 Å². The molecule has 3 nitrogen and oxygen atoms in total. The number of hydrogen-bond donors (Lipinski definition) is 1. The molecule has 2 rings (SSSR count). The highest BCUT2D eigenvalue weighted by Crippen LogP contribution is 2.00. The molecule has 0 atom stereocenters. The van der Waals surface area contributed by atoms with Crippen LogP contribution < -0.4 is 5.32 Å². The van der Waals surface area contributed by atoms with Crippen molar-refractivity contribution in [1.82, 2.24) is 10.3 Å². The maximum atomic E-state index is 11.7. The van der Waals surface area contributed by atoms with Crippen molar-refractivity contribution in [3.05, 3.63) is 72.1 Å². The summed E-state index contributed by atoms with van der Waals surface area (Å²) < 4.78 is 0. The normalized spacial score (nSPS) is 10.4. The molecular weight excluding hydrogens is 224 g/mol. The SMILES string of the molecule is O=C(NCC=Cc1ccccc1)c1cccnc1. The first kappa shape index (κ1) is 12.0. The summed E-state index contributed by atoms with van der Waals surface area (Å²) in [5.74, 6) is -0.110. The molecule has 0 aliphatic heterocycles. The molecular formula is C15H14N2O. The van der Waals surface area contributed by atoms with Crippen molar-refractivity contribution in [2.24, 2.45) is 0 Å². The topological polar surface area (TPSA) is 42.0 Å². The molecule has 3 heteroatoms. The van der Waals surface area contributed by atoms with Gasteiger partial charge in [-0.15, -0.1) is 0 Å². The number of carbonyl (C=O) groups excluding carboxylic acids is 1. The van der Waals surface area contributed by atoms with Crippen molar-refractivity contribution >= 4 is 12.0 Å². The van der Waals surface area contributed by atoms with Gasteiger partial charge in [0.1, 0.15) is 0 Å². The van der Waals surface area contributed by atoms with E-state index in [1.54, 1.807) is 24.5 Å². The molecule has 2 aromatic rings. The van der Waals surface area contributed by atoms with Crippen LogP contribution in [0.1, 0.15) is 15.9 Å². The molecule has 1 aromatic heterocycles. The van der Waals surface area contributed by atoms with Gasteiger partial charge in [0.05, 0.1) is 5.56 Å². The Morgan fingerprint density at radius 3 is 2.72 bits per heavy atom. The van der Waals surface area contributed by atoms with Gasteiger partial charge in [-0.05, 0) is 17.7 Å². The van der Waals surface area contributed by atoms with Gasteiger partial charge in [-0.3, -0.25) is 9.78 Å². The zero-order chi connectivity index (χ0) is 12.6. The van der Waals surface area contributed by atoms with Gasteiger partial charge in [-0.25, -0.2) is 0 Å². The van der Waals surface area contributed by atoms with Crippen molar-refractivity contribution in [3.8, 4) is 0 Å². The van der Waals surface area contributed by atoms with Gasteiger partial charge in [0, 0.05) is 18.9 Å². The van der Waals surface area contributed by atoms with Gasteiger partial charge in [0.2, 0.25) is 0 Å². The lowest BCUT2D eigenvalue weighted by Crippen LogP contribution is -2.23.